The topological polar surface area (TPSA) is 60.9 Å². The van der Waals surface area contributed by atoms with Crippen molar-refractivity contribution in [3.05, 3.63) is 95.7 Å². The second kappa shape index (κ2) is 11.1. The first-order valence-electron chi connectivity index (χ1n) is 12.4. The number of fused-ring (bicyclic) bond motifs is 1. The smallest absolute Gasteiger partial charge is 0.222 e. The van der Waals surface area contributed by atoms with Crippen LogP contribution in [0, 0.1) is 6.92 Å². The summed E-state index contributed by atoms with van der Waals surface area (Å²) in [5.74, 6) is 2.46. The molecule has 36 heavy (non-hydrogen) atoms. The molecular weight excluding hydrogens is 452 g/mol. The van der Waals surface area contributed by atoms with Crippen molar-refractivity contribution in [2.24, 2.45) is 0 Å². The summed E-state index contributed by atoms with van der Waals surface area (Å²) >= 11 is 0. The standard InChI is InChI=1S/C30H30N2O4/c1-22-28(21-35-25-12-7-11-24(19-25)34-18-17-32-16-8-15-29(32)33)31-27-14-6-5-13-26(27)30(22)36-20-23-9-3-2-4-10-23/h2-7,9-14,19H,8,15-18,20-21H2,1H3. The van der Waals surface area contributed by atoms with Gasteiger partial charge in [0.25, 0.3) is 0 Å². The zero-order chi connectivity index (χ0) is 24.7. The van der Waals surface area contributed by atoms with E-state index in [0.717, 1.165) is 46.4 Å². The first-order chi connectivity index (χ1) is 17.7. The number of benzene rings is 3. The summed E-state index contributed by atoms with van der Waals surface area (Å²) in [5.41, 5.74) is 3.78. The number of amides is 1. The predicted octanol–water partition coefficient (Wildman–Crippen LogP) is 5.70. The normalized spacial score (nSPS) is 13.2. The van der Waals surface area contributed by atoms with Crippen LogP contribution >= 0.6 is 0 Å². The number of hydrogen-bond acceptors (Lipinski definition) is 5. The van der Waals surface area contributed by atoms with Crippen LogP contribution in [-0.2, 0) is 18.0 Å². The third-order valence-corrected chi connectivity index (χ3v) is 6.39. The van der Waals surface area contributed by atoms with Gasteiger partial charge in [-0.1, -0.05) is 48.5 Å². The van der Waals surface area contributed by atoms with Crippen molar-refractivity contribution in [1.29, 1.82) is 0 Å². The Balaban J connectivity index is 1.27. The molecule has 1 fully saturated rings. The van der Waals surface area contributed by atoms with Gasteiger partial charge in [-0.05, 0) is 43.2 Å². The van der Waals surface area contributed by atoms with Gasteiger partial charge in [0, 0.05) is 30.0 Å². The monoisotopic (exact) mass is 482 g/mol. The molecule has 184 valence electrons. The van der Waals surface area contributed by atoms with Crippen LogP contribution in [0.15, 0.2) is 78.9 Å². The van der Waals surface area contributed by atoms with Crippen molar-refractivity contribution < 1.29 is 19.0 Å². The quantitative estimate of drug-likeness (QED) is 0.290. The average molecular weight is 483 g/mol. The minimum atomic E-state index is 0.209. The van der Waals surface area contributed by atoms with Gasteiger partial charge in [0.05, 0.1) is 17.8 Å². The Hall–Kier alpha value is -4.06. The molecule has 1 saturated heterocycles. The van der Waals surface area contributed by atoms with Crippen LogP contribution in [0.3, 0.4) is 0 Å². The van der Waals surface area contributed by atoms with E-state index < -0.39 is 0 Å². The lowest BCUT2D eigenvalue weighted by atomic mass is 10.1. The Kier molecular flexibility index (Phi) is 7.31. The lowest BCUT2D eigenvalue weighted by molar-refractivity contribution is -0.128. The van der Waals surface area contributed by atoms with Gasteiger partial charge in [0.1, 0.15) is 37.1 Å². The molecule has 0 radical (unpaired) electrons. The van der Waals surface area contributed by atoms with Gasteiger partial charge in [-0.15, -0.1) is 0 Å². The zero-order valence-corrected chi connectivity index (χ0v) is 20.5. The van der Waals surface area contributed by atoms with Crippen molar-refractivity contribution >= 4 is 16.8 Å². The summed E-state index contributed by atoms with van der Waals surface area (Å²) in [7, 11) is 0. The maximum atomic E-state index is 11.8. The molecule has 3 aromatic carbocycles. The maximum absolute atomic E-state index is 11.8. The molecule has 0 atom stereocenters. The third kappa shape index (κ3) is 5.60. The summed E-state index contributed by atoms with van der Waals surface area (Å²) in [4.78, 5) is 18.5. The molecule has 1 aromatic heterocycles. The minimum absolute atomic E-state index is 0.209. The number of ether oxygens (including phenoxy) is 3. The molecule has 5 rings (SSSR count). The molecule has 0 saturated carbocycles. The average Bonchev–Trinajstić information content (AvgIpc) is 3.32. The highest BCUT2D eigenvalue weighted by Crippen LogP contribution is 2.32. The van der Waals surface area contributed by atoms with Crippen molar-refractivity contribution in [2.75, 3.05) is 19.7 Å². The Morgan fingerprint density at radius 1 is 0.861 bits per heavy atom. The predicted molar refractivity (Wildman–Crippen MR) is 139 cm³/mol. The summed E-state index contributed by atoms with van der Waals surface area (Å²) in [6.45, 7) is 4.71. The SMILES string of the molecule is Cc1c(COc2cccc(OCCN3CCCC3=O)c2)nc2ccccc2c1OCc1ccccc1. The number of pyridine rings is 1. The Morgan fingerprint density at radius 3 is 2.44 bits per heavy atom. The van der Waals surface area contributed by atoms with Gasteiger partial charge in [-0.25, -0.2) is 4.98 Å². The maximum Gasteiger partial charge on any atom is 0.222 e. The summed E-state index contributed by atoms with van der Waals surface area (Å²) in [6, 6.07) is 25.7. The van der Waals surface area contributed by atoms with E-state index >= 15 is 0 Å². The van der Waals surface area contributed by atoms with Crippen LogP contribution in [0.25, 0.3) is 10.9 Å². The van der Waals surface area contributed by atoms with Gasteiger partial charge in [0.2, 0.25) is 5.91 Å². The lowest BCUT2D eigenvalue weighted by Gasteiger charge is -2.17. The first kappa shape index (κ1) is 23.7. The molecule has 1 aliphatic rings. The second-order valence-corrected chi connectivity index (χ2v) is 8.90. The van der Waals surface area contributed by atoms with Gasteiger partial charge < -0.3 is 19.1 Å². The molecule has 6 nitrogen and oxygen atoms in total. The molecule has 1 amide bonds. The van der Waals surface area contributed by atoms with E-state index in [4.69, 9.17) is 19.2 Å². The van der Waals surface area contributed by atoms with Crippen LogP contribution in [0.1, 0.15) is 29.7 Å². The third-order valence-electron chi connectivity index (χ3n) is 6.39. The van der Waals surface area contributed by atoms with Gasteiger partial charge in [0.15, 0.2) is 0 Å². The number of hydrogen-bond donors (Lipinski definition) is 0. The summed E-state index contributed by atoms with van der Waals surface area (Å²) < 4.78 is 18.3. The van der Waals surface area contributed by atoms with E-state index in [-0.39, 0.29) is 5.91 Å². The Morgan fingerprint density at radius 2 is 1.64 bits per heavy atom. The van der Waals surface area contributed by atoms with E-state index in [0.29, 0.717) is 44.3 Å². The van der Waals surface area contributed by atoms with Crippen LogP contribution in [0.4, 0.5) is 0 Å². The number of para-hydroxylation sites is 1. The van der Waals surface area contributed by atoms with Crippen molar-refractivity contribution in [3.8, 4) is 17.2 Å². The molecule has 4 aromatic rings. The minimum Gasteiger partial charge on any atom is -0.492 e. The molecule has 0 bridgehead atoms. The van der Waals surface area contributed by atoms with E-state index in [1.165, 1.54) is 0 Å². The molecular formula is C30H30N2O4. The molecule has 0 unspecified atom stereocenters. The highest BCUT2D eigenvalue weighted by molar-refractivity contribution is 5.86. The van der Waals surface area contributed by atoms with Crippen molar-refractivity contribution in [1.82, 2.24) is 9.88 Å². The van der Waals surface area contributed by atoms with Crippen LogP contribution in [0.2, 0.25) is 0 Å². The van der Waals surface area contributed by atoms with Gasteiger partial charge in [-0.2, -0.15) is 0 Å². The van der Waals surface area contributed by atoms with Crippen LogP contribution in [-0.4, -0.2) is 35.5 Å². The fraction of sp³-hybridized carbons (Fsp3) is 0.267. The van der Waals surface area contributed by atoms with Crippen LogP contribution < -0.4 is 14.2 Å². The molecule has 6 heteroatoms. The van der Waals surface area contributed by atoms with E-state index in [9.17, 15) is 4.79 Å². The highest BCUT2D eigenvalue weighted by Gasteiger charge is 2.19. The molecule has 0 N–H and O–H groups in total. The highest BCUT2D eigenvalue weighted by atomic mass is 16.5. The molecule has 0 spiro atoms. The number of nitrogens with zero attached hydrogens (tertiary/aromatic N) is 2. The molecule has 0 aliphatic carbocycles. The number of likely N-dealkylation sites (tertiary alicyclic amines) is 1. The fourth-order valence-electron chi connectivity index (χ4n) is 4.40. The van der Waals surface area contributed by atoms with Crippen molar-refractivity contribution in [2.45, 2.75) is 33.0 Å². The summed E-state index contributed by atoms with van der Waals surface area (Å²) in [5, 5.41) is 0.988. The Bertz CT molecular complexity index is 1340. The fourth-order valence-corrected chi connectivity index (χ4v) is 4.40. The van der Waals surface area contributed by atoms with Gasteiger partial charge >= 0.3 is 0 Å². The number of rotatable bonds is 10. The van der Waals surface area contributed by atoms with E-state index in [2.05, 4.69) is 12.1 Å². The van der Waals surface area contributed by atoms with Gasteiger partial charge in [-0.3, -0.25) is 4.79 Å². The molecule has 2 heterocycles. The first-order valence-corrected chi connectivity index (χ1v) is 12.4. The number of aromatic nitrogens is 1. The van der Waals surface area contributed by atoms with E-state index in [1.54, 1.807) is 0 Å². The summed E-state index contributed by atoms with van der Waals surface area (Å²) in [6.07, 6.45) is 1.58. The number of carbonyl (C=O) groups is 1. The number of carbonyl (C=O) groups excluding carboxylic acids is 1. The second-order valence-electron chi connectivity index (χ2n) is 8.90. The Labute approximate surface area is 211 Å². The lowest BCUT2D eigenvalue weighted by Crippen LogP contribution is -2.29. The van der Waals surface area contributed by atoms with E-state index in [1.807, 2.05) is 78.6 Å². The molecule has 1 aliphatic heterocycles. The van der Waals surface area contributed by atoms with Crippen molar-refractivity contribution in [3.63, 3.8) is 0 Å². The van der Waals surface area contributed by atoms with Crippen LogP contribution in [0.5, 0.6) is 17.2 Å². The zero-order valence-electron chi connectivity index (χ0n) is 20.5. The largest absolute Gasteiger partial charge is 0.492 e.